The molecule has 1 aromatic heterocycles. The maximum Gasteiger partial charge on any atom is 0.353 e. The lowest BCUT2D eigenvalue weighted by Gasteiger charge is -2.37. The highest BCUT2D eigenvalue weighted by molar-refractivity contribution is 5.75. The van der Waals surface area contributed by atoms with E-state index in [0.717, 1.165) is 11.8 Å². The lowest BCUT2D eigenvalue weighted by molar-refractivity contribution is -0.383. The molecule has 2 heterocycles. The number of rotatable bonds is 5. The number of aryl methyl sites for hydroxylation is 1. The number of piperazine rings is 1. The summed E-state index contributed by atoms with van der Waals surface area (Å²) < 4.78 is 27.2. The van der Waals surface area contributed by atoms with Gasteiger partial charge in [0.1, 0.15) is 18.0 Å². The highest BCUT2D eigenvalue weighted by Crippen LogP contribution is 2.35. The second-order valence-electron chi connectivity index (χ2n) is 7.59. The zero-order valence-electron chi connectivity index (χ0n) is 17.7. The van der Waals surface area contributed by atoms with Crippen molar-refractivity contribution < 1.29 is 13.7 Å². The van der Waals surface area contributed by atoms with Crippen molar-refractivity contribution in [3.63, 3.8) is 0 Å². The fourth-order valence-electron chi connectivity index (χ4n) is 3.82. The van der Waals surface area contributed by atoms with E-state index in [1.54, 1.807) is 0 Å². The molecule has 1 N–H and O–H groups in total. The van der Waals surface area contributed by atoms with Gasteiger partial charge in [-0.2, -0.15) is 0 Å². The minimum Gasteiger partial charge on any atom is -0.368 e. The number of nitro groups is 1. The first-order chi connectivity index (χ1) is 15.3. The van der Waals surface area contributed by atoms with Gasteiger partial charge in [-0.1, -0.05) is 12.1 Å². The van der Waals surface area contributed by atoms with Gasteiger partial charge in [-0.25, -0.2) is 18.7 Å². The van der Waals surface area contributed by atoms with Gasteiger partial charge in [-0.05, 0) is 43.2 Å². The molecule has 0 amide bonds. The first-order valence-corrected chi connectivity index (χ1v) is 10.1. The topological polar surface area (TPSA) is 87.4 Å². The average Bonchev–Trinajstić information content (AvgIpc) is 2.77. The second kappa shape index (κ2) is 8.74. The Bertz CT molecular complexity index is 1170. The van der Waals surface area contributed by atoms with Crippen molar-refractivity contribution in [2.75, 3.05) is 41.3 Å². The van der Waals surface area contributed by atoms with Crippen LogP contribution < -0.4 is 15.1 Å². The number of hydrogen-bond acceptors (Lipinski definition) is 7. The van der Waals surface area contributed by atoms with E-state index < -0.39 is 16.6 Å². The maximum absolute atomic E-state index is 14.1. The largest absolute Gasteiger partial charge is 0.368 e. The van der Waals surface area contributed by atoms with Crippen molar-refractivity contribution in [2.45, 2.75) is 13.8 Å². The molecule has 0 spiro atoms. The molecule has 1 fully saturated rings. The van der Waals surface area contributed by atoms with Crippen LogP contribution in [-0.4, -0.2) is 41.1 Å². The SMILES string of the molecule is Cc1cccc(N2CCN(c3ncnc(Nc4ccc(F)cc4F)c3[N+](=O)[O-])CC2)c1C. The normalized spacial score (nSPS) is 13.9. The molecule has 0 aliphatic carbocycles. The molecular weight excluding hydrogens is 418 g/mol. The van der Waals surface area contributed by atoms with Crippen LogP contribution in [0.25, 0.3) is 0 Å². The van der Waals surface area contributed by atoms with E-state index in [1.165, 1.54) is 23.5 Å². The number of benzene rings is 2. The van der Waals surface area contributed by atoms with Gasteiger partial charge >= 0.3 is 5.69 Å². The van der Waals surface area contributed by atoms with Crippen molar-refractivity contribution >= 4 is 28.7 Å². The fraction of sp³-hybridized carbons (Fsp3) is 0.273. The number of halogens is 2. The molecule has 0 radical (unpaired) electrons. The third kappa shape index (κ3) is 4.16. The Hall–Kier alpha value is -3.82. The standard InChI is InChI=1S/C22H22F2N6O2/c1-14-4-3-5-19(15(14)2)28-8-10-29(11-9-28)22-20(30(31)32)21(25-13-26-22)27-18-7-6-16(23)12-17(18)24/h3-7,12-13H,8-11H2,1-2H3,(H,25,26,27). The van der Waals surface area contributed by atoms with E-state index in [9.17, 15) is 18.9 Å². The van der Waals surface area contributed by atoms with Crippen LogP contribution in [0, 0.1) is 35.6 Å². The summed E-state index contributed by atoms with van der Waals surface area (Å²) in [5.41, 5.74) is 3.10. The third-order valence-electron chi connectivity index (χ3n) is 5.67. The number of aromatic nitrogens is 2. The van der Waals surface area contributed by atoms with Crippen molar-refractivity contribution in [1.82, 2.24) is 9.97 Å². The maximum atomic E-state index is 14.1. The molecule has 8 nitrogen and oxygen atoms in total. The monoisotopic (exact) mass is 440 g/mol. The first-order valence-electron chi connectivity index (χ1n) is 10.1. The Morgan fingerprint density at radius 2 is 1.75 bits per heavy atom. The lowest BCUT2D eigenvalue weighted by Crippen LogP contribution is -2.47. The minimum atomic E-state index is -0.874. The third-order valence-corrected chi connectivity index (χ3v) is 5.67. The van der Waals surface area contributed by atoms with Crippen LogP contribution >= 0.6 is 0 Å². The number of nitrogens with zero attached hydrogens (tertiary/aromatic N) is 5. The van der Waals surface area contributed by atoms with Crippen LogP contribution in [0.5, 0.6) is 0 Å². The van der Waals surface area contributed by atoms with Crippen LogP contribution in [-0.2, 0) is 0 Å². The van der Waals surface area contributed by atoms with Gasteiger partial charge < -0.3 is 15.1 Å². The minimum absolute atomic E-state index is 0.112. The smallest absolute Gasteiger partial charge is 0.353 e. The average molecular weight is 440 g/mol. The molecule has 4 rings (SSSR count). The van der Waals surface area contributed by atoms with Crippen molar-refractivity contribution in [2.24, 2.45) is 0 Å². The molecule has 2 aromatic carbocycles. The van der Waals surface area contributed by atoms with Crippen LogP contribution in [0.4, 0.5) is 37.5 Å². The summed E-state index contributed by atoms with van der Waals surface area (Å²) in [6.07, 6.45) is 1.20. The summed E-state index contributed by atoms with van der Waals surface area (Å²) in [5.74, 6) is -1.60. The Morgan fingerprint density at radius 3 is 2.44 bits per heavy atom. The van der Waals surface area contributed by atoms with Crippen molar-refractivity contribution in [3.05, 3.63) is 75.6 Å². The summed E-state index contributed by atoms with van der Waals surface area (Å²) in [7, 11) is 0. The summed E-state index contributed by atoms with van der Waals surface area (Å²) in [6, 6.07) is 9.09. The van der Waals surface area contributed by atoms with Crippen LogP contribution in [0.1, 0.15) is 11.1 Å². The van der Waals surface area contributed by atoms with Gasteiger partial charge in [0, 0.05) is 37.9 Å². The predicted molar refractivity (Wildman–Crippen MR) is 119 cm³/mol. The van der Waals surface area contributed by atoms with Gasteiger partial charge in [0.15, 0.2) is 0 Å². The van der Waals surface area contributed by atoms with E-state index in [-0.39, 0.29) is 23.0 Å². The predicted octanol–water partition coefficient (Wildman–Crippen LogP) is 4.35. The van der Waals surface area contributed by atoms with Crippen LogP contribution in [0.15, 0.2) is 42.7 Å². The van der Waals surface area contributed by atoms with Crippen molar-refractivity contribution in [3.8, 4) is 0 Å². The molecule has 1 aliphatic heterocycles. The summed E-state index contributed by atoms with van der Waals surface area (Å²) in [6.45, 7) is 6.53. The highest BCUT2D eigenvalue weighted by atomic mass is 19.1. The van der Waals surface area contributed by atoms with Crippen LogP contribution in [0.2, 0.25) is 0 Å². The fourth-order valence-corrected chi connectivity index (χ4v) is 3.82. The molecule has 10 heteroatoms. The molecule has 0 bridgehead atoms. The molecular formula is C22H22F2N6O2. The van der Waals surface area contributed by atoms with Crippen molar-refractivity contribution in [1.29, 1.82) is 0 Å². The number of hydrogen-bond donors (Lipinski definition) is 1. The Labute approximate surface area is 183 Å². The van der Waals surface area contributed by atoms with Gasteiger partial charge in [-0.15, -0.1) is 0 Å². The van der Waals surface area contributed by atoms with E-state index in [1.807, 2.05) is 11.0 Å². The summed E-state index contributed by atoms with van der Waals surface area (Å²) >= 11 is 0. The van der Waals surface area contributed by atoms with E-state index in [0.29, 0.717) is 32.2 Å². The quantitative estimate of drug-likeness (QED) is 0.466. The Morgan fingerprint density at radius 1 is 1.03 bits per heavy atom. The number of nitrogens with one attached hydrogen (secondary N) is 1. The lowest BCUT2D eigenvalue weighted by atomic mass is 10.1. The van der Waals surface area contributed by atoms with Gasteiger partial charge in [0.05, 0.1) is 10.6 Å². The molecule has 1 saturated heterocycles. The molecule has 1 aliphatic rings. The molecule has 3 aromatic rings. The zero-order chi connectivity index (χ0) is 22.8. The zero-order valence-corrected chi connectivity index (χ0v) is 17.7. The second-order valence-corrected chi connectivity index (χ2v) is 7.59. The summed E-state index contributed by atoms with van der Waals surface area (Å²) in [5, 5.41) is 14.5. The Balaban J connectivity index is 1.58. The molecule has 0 atom stereocenters. The van der Waals surface area contributed by atoms with Gasteiger partial charge in [-0.3, -0.25) is 10.1 Å². The van der Waals surface area contributed by atoms with Crippen LogP contribution in [0.3, 0.4) is 0 Å². The van der Waals surface area contributed by atoms with E-state index in [2.05, 4.69) is 46.2 Å². The molecule has 0 unspecified atom stereocenters. The Kier molecular flexibility index (Phi) is 5.85. The van der Waals surface area contributed by atoms with Gasteiger partial charge in [0.2, 0.25) is 11.6 Å². The van der Waals surface area contributed by atoms with E-state index >= 15 is 0 Å². The number of anilines is 4. The molecule has 32 heavy (non-hydrogen) atoms. The molecule has 0 saturated carbocycles. The molecule has 166 valence electrons. The first kappa shape index (κ1) is 21.4. The summed E-state index contributed by atoms with van der Waals surface area (Å²) in [4.78, 5) is 23.5. The van der Waals surface area contributed by atoms with E-state index in [4.69, 9.17) is 0 Å². The highest BCUT2D eigenvalue weighted by Gasteiger charge is 2.30. The van der Waals surface area contributed by atoms with Gasteiger partial charge in [0.25, 0.3) is 0 Å².